The summed E-state index contributed by atoms with van der Waals surface area (Å²) in [5, 5.41) is 3.21. The summed E-state index contributed by atoms with van der Waals surface area (Å²) in [6.45, 7) is 1.32. The van der Waals surface area contributed by atoms with Crippen molar-refractivity contribution in [3.63, 3.8) is 0 Å². The molecule has 0 radical (unpaired) electrons. The monoisotopic (exact) mass is 295 g/mol. The van der Waals surface area contributed by atoms with Crippen LogP contribution in [0.1, 0.15) is 17.8 Å². The minimum atomic E-state index is -4.15. The standard InChI is InChI=1S/C15H16F3N3/c16-15(17,18)7-9-21-13-6-8-19-10-12(13)20-14(21)11-4-2-1-3-5-11/h1-5,19H,6-10H2. The van der Waals surface area contributed by atoms with Crippen molar-refractivity contribution in [3.05, 3.63) is 41.7 Å². The summed E-state index contributed by atoms with van der Waals surface area (Å²) in [4.78, 5) is 4.55. The van der Waals surface area contributed by atoms with Crippen LogP contribution in [-0.2, 0) is 19.5 Å². The van der Waals surface area contributed by atoms with Gasteiger partial charge in [-0.25, -0.2) is 4.98 Å². The second kappa shape index (κ2) is 5.52. The highest BCUT2D eigenvalue weighted by Crippen LogP contribution is 2.27. The van der Waals surface area contributed by atoms with E-state index < -0.39 is 12.6 Å². The zero-order chi connectivity index (χ0) is 14.9. The summed E-state index contributed by atoms with van der Waals surface area (Å²) in [7, 11) is 0. The SMILES string of the molecule is FC(F)(F)CCn1c(-c2ccccc2)nc2c1CCNC2. The van der Waals surface area contributed by atoms with Crippen LogP contribution < -0.4 is 5.32 Å². The Hall–Kier alpha value is -1.82. The lowest BCUT2D eigenvalue weighted by atomic mass is 10.2. The van der Waals surface area contributed by atoms with Gasteiger partial charge in [-0.3, -0.25) is 0 Å². The average molecular weight is 295 g/mol. The fraction of sp³-hybridized carbons (Fsp3) is 0.400. The van der Waals surface area contributed by atoms with Gasteiger partial charge >= 0.3 is 6.18 Å². The van der Waals surface area contributed by atoms with Gasteiger partial charge in [0.2, 0.25) is 0 Å². The number of alkyl halides is 3. The Morgan fingerprint density at radius 3 is 2.67 bits per heavy atom. The summed E-state index contributed by atoms with van der Waals surface area (Å²) in [5.41, 5.74) is 2.65. The van der Waals surface area contributed by atoms with Gasteiger partial charge in [0.15, 0.2) is 0 Å². The van der Waals surface area contributed by atoms with E-state index in [1.54, 1.807) is 4.57 Å². The lowest BCUT2D eigenvalue weighted by Gasteiger charge is -2.17. The van der Waals surface area contributed by atoms with E-state index in [0.29, 0.717) is 18.8 Å². The number of rotatable bonds is 3. The third-order valence-corrected chi connectivity index (χ3v) is 3.64. The van der Waals surface area contributed by atoms with E-state index in [1.807, 2.05) is 30.3 Å². The van der Waals surface area contributed by atoms with E-state index in [4.69, 9.17) is 0 Å². The van der Waals surface area contributed by atoms with Crippen LogP contribution in [0.2, 0.25) is 0 Å². The second-order valence-corrected chi connectivity index (χ2v) is 5.14. The molecule has 0 unspecified atom stereocenters. The molecule has 0 aliphatic carbocycles. The van der Waals surface area contributed by atoms with Crippen LogP contribution in [0.15, 0.2) is 30.3 Å². The van der Waals surface area contributed by atoms with Crippen molar-refractivity contribution in [1.82, 2.24) is 14.9 Å². The number of benzene rings is 1. The minimum Gasteiger partial charge on any atom is -0.327 e. The van der Waals surface area contributed by atoms with Gasteiger partial charge in [-0.2, -0.15) is 13.2 Å². The Bertz CT molecular complexity index is 617. The first kappa shape index (κ1) is 14.1. The molecule has 0 amide bonds. The van der Waals surface area contributed by atoms with Crippen molar-refractivity contribution in [2.24, 2.45) is 0 Å². The number of aromatic nitrogens is 2. The number of nitrogens with one attached hydrogen (secondary N) is 1. The van der Waals surface area contributed by atoms with Crippen molar-refractivity contribution < 1.29 is 13.2 Å². The normalized spacial score (nSPS) is 15.0. The lowest BCUT2D eigenvalue weighted by Crippen LogP contribution is -2.25. The summed E-state index contributed by atoms with van der Waals surface area (Å²) in [5.74, 6) is 0.633. The fourth-order valence-electron chi connectivity index (χ4n) is 2.66. The molecule has 0 spiro atoms. The van der Waals surface area contributed by atoms with Gasteiger partial charge in [0.05, 0.1) is 12.1 Å². The molecule has 3 nitrogen and oxygen atoms in total. The van der Waals surface area contributed by atoms with Crippen LogP contribution >= 0.6 is 0 Å². The second-order valence-electron chi connectivity index (χ2n) is 5.14. The molecular formula is C15H16F3N3. The third kappa shape index (κ3) is 3.10. The van der Waals surface area contributed by atoms with Gasteiger partial charge in [-0.15, -0.1) is 0 Å². The molecule has 0 atom stereocenters. The summed E-state index contributed by atoms with van der Waals surface area (Å²) < 4.78 is 39.4. The van der Waals surface area contributed by atoms with Crippen molar-refractivity contribution in [1.29, 1.82) is 0 Å². The van der Waals surface area contributed by atoms with E-state index >= 15 is 0 Å². The first-order valence-electron chi connectivity index (χ1n) is 6.96. The highest BCUT2D eigenvalue weighted by molar-refractivity contribution is 5.57. The Morgan fingerprint density at radius 1 is 1.19 bits per heavy atom. The molecule has 112 valence electrons. The zero-order valence-corrected chi connectivity index (χ0v) is 11.5. The maximum Gasteiger partial charge on any atom is 0.390 e. The van der Waals surface area contributed by atoms with Crippen molar-refractivity contribution >= 4 is 0 Å². The number of imidazole rings is 1. The van der Waals surface area contributed by atoms with Gasteiger partial charge in [-0.1, -0.05) is 30.3 Å². The quantitative estimate of drug-likeness (QED) is 0.942. The highest BCUT2D eigenvalue weighted by atomic mass is 19.4. The van der Waals surface area contributed by atoms with Crippen LogP contribution in [-0.4, -0.2) is 22.3 Å². The van der Waals surface area contributed by atoms with E-state index in [0.717, 1.165) is 23.5 Å². The summed E-state index contributed by atoms with van der Waals surface area (Å²) in [6.07, 6.45) is -4.27. The van der Waals surface area contributed by atoms with Gasteiger partial charge in [-0.05, 0) is 0 Å². The molecule has 2 heterocycles. The first-order chi connectivity index (χ1) is 10.0. The maximum atomic E-state index is 12.6. The van der Waals surface area contributed by atoms with Crippen molar-refractivity contribution in [2.75, 3.05) is 6.54 Å². The predicted molar refractivity (Wildman–Crippen MR) is 73.7 cm³/mol. The van der Waals surface area contributed by atoms with Gasteiger partial charge in [0, 0.05) is 37.3 Å². The number of hydrogen-bond acceptors (Lipinski definition) is 2. The minimum absolute atomic E-state index is 0.0734. The van der Waals surface area contributed by atoms with Crippen LogP contribution in [0, 0.1) is 0 Å². The average Bonchev–Trinajstić information content (AvgIpc) is 2.84. The molecule has 1 N–H and O–H groups in total. The summed E-state index contributed by atoms with van der Waals surface area (Å²) >= 11 is 0. The molecule has 0 bridgehead atoms. The predicted octanol–water partition coefficient (Wildman–Crippen LogP) is 3.15. The number of nitrogens with zero attached hydrogens (tertiary/aromatic N) is 2. The molecule has 1 aliphatic rings. The van der Waals surface area contributed by atoms with Crippen LogP contribution in [0.5, 0.6) is 0 Å². The molecule has 1 aromatic carbocycles. The highest BCUT2D eigenvalue weighted by Gasteiger charge is 2.29. The Kier molecular flexibility index (Phi) is 3.71. The van der Waals surface area contributed by atoms with Gasteiger partial charge < -0.3 is 9.88 Å². The van der Waals surface area contributed by atoms with Gasteiger partial charge in [0.25, 0.3) is 0 Å². The molecule has 3 rings (SSSR count). The maximum absolute atomic E-state index is 12.6. The third-order valence-electron chi connectivity index (χ3n) is 3.64. The zero-order valence-electron chi connectivity index (χ0n) is 11.5. The molecule has 2 aromatic rings. The number of fused-ring (bicyclic) bond motifs is 1. The molecular weight excluding hydrogens is 279 g/mol. The molecule has 0 saturated carbocycles. The van der Waals surface area contributed by atoms with E-state index in [9.17, 15) is 13.2 Å². The van der Waals surface area contributed by atoms with Gasteiger partial charge in [0.1, 0.15) is 5.82 Å². The topological polar surface area (TPSA) is 29.9 Å². The van der Waals surface area contributed by atoms with E-state index in [-0.39, 0.29) is 6.54 Å². The molecule has 21 heavy (non-hydrogen) atoms. The first-order valence-corrected chi connectivity index (χ1v) is 6.96. The largest absolute Gasteiger partial charge is 0.390 e. The van der Waals surface area contributed by atoms with Crippen LogP contribution in [0.25, 0.3) is 11.4 Å². The number of halogens is 3. The Morgan fingerprint density at radius 2 is 1.95 bits per heavy atom. The smallest absolute Gasteiger partial charge is 0.327 e. The molecule has 6 heteroatoms. The van der Waals surface area contributed by atoms with Crippen molar-refractivity contribution in [3.8, 4) is 11.4 Å². The van der Waals surface area contributed by atoms with Crippen LogP contribution in [0.3, 0.4) is 0 Å². The summed E-state index contributed by atoms with van der Waals surface area (Å²) in [6, 6.07) is 9.38. The Balaban J connectivity index is 2.00. The Labute approximate surface area is 120 Å². The number of hydrogen-bond donors (Lipinski definition) is 1. The fourth-order valence-corrected chi connectivity index (χ4v) is 2.66. The molecule has 0 fully saturated rings. The molecule has 0 saturated heterocycles. The molecule has 1 aromatic heterocycles. The van der Waals surface area contributed by atoms with E-state index in [1.165, 1.54) is 0 Å². The van der Waals surface area contributed by atoms with Crippen LogP contribution in [0.4, 0.5) is 13.2 Å². The van der Waals surface area contributed by atoms with Crippen molar-refractivity contribution in [2.45, 2.75) is 32.1 Å². The lowest BCUT2D eigenvalue weighted by molar-refractivity contribution is -0.136. The molecule has 1 aliphatic heterocycles. The van der Waals surface area contributed by atoms with E-state index in [2.05, 4.69) is 10.3 Å².